The maximum Gasteiger partial charge on any atom is 0.303 e. The number of carboxylic acids is 1. The van der Waals surface area contributed by atoms with Gasteiger partial charge in [-0.05, 0) is 32.1 Å². The Morgan fingerprint density at radius 2 is 1.41 bits per heavy atom. The minimum absolute atomic E-state index is 0.250. The van der Waals surface area contributed by atoms with Crippen molar-refractivity contribution in [3.63, 3.8) is 0 Å². The van der Waals surface area contributed by atoms with Crippen molar-refractivity contribution in [3.05, 3.63) is 24.8 Å². The zero-order chi connectivity index (χ0) is 12.8. The van der Waals surface area contributed by atoms with Crippen LogP contribution in [-0.2, 0) is 4.79 Å². The van der Waals surface area contributed by atoms with E-state index in [2.05, 4.69) is 12.7 Å². The van der Waals surface area contributed by atoms with Crippen LogP contribution in [0.4, 0.5) is 0 Å². The smallest absolute Gasteiger partial charge is 0.303 e. The molecule has 1 N–H and O–H groups in total. The van der Waals surface area contributed by atoms with Crippen molar-refractivity contribution in [1.29, 1.82) is 0 Å². The predicted octanol–water partition coefficient (Wildman–Crippen LogP) is 4.71. The first-order chi connectivity index (χ1) is 8.27. The molecule has 0 heterocycles. The Balaban J connectivity index is 3.07. The molecule has 0 saturated heterocycles. The van der Waals surface area contributed by atoms with Crippen LogP contribution in [-0.4, -0.2) is 11.1 Å². The van der Waals surface area contributed by atoms with E-state index in [1.807, 2.05) is 12.2 Å². The molecular formula is C15H26O2. The second kappa shape index (κ2) is 13.0. The van der Waals surface area contributed by atoms with E-state index >= 15 is 0 Å². The number of hydrogen-bond acceptors (Lipinski definition) is 1. The minimum atomic E-state index is -0.714. The maximum absolute atomic E-state index is 10.2. The summed E-state index contributed by atoms with van der Waals surface area (Å²) < 4.78 is 0. The fourth-order valence-electron chi connectivity index (χ4n) is 1.70. The molecule has 2 heteroatoms. The zero-order valence-electron chi connectivity index (χ0n) is 10.9. The van der Waals surface area contributed by atoms with Crippen LogP contribution >= 0.6 is 0 Å². The molecule has 0 aliphatic heterocycles. The number of aliphatic carboxylic acids is 1. The van der Waals surface area contributed by atoms with Crippen molar-refractivity contribution in [2.24, 2.45) is 0 Å². The molecule has 17 heavy (non-hydrogen) atoms. The van der Waals surface area contributed by atoms with E-state index in [1.54, 1.807) is 0 Å². The summed E-state index contributed by atoms with van der Waals surface area (Å²) in [7, 11) is 0. The topological polar surface area (TPSA) is 37.3 Å². The summed E-state index contributed by atoms with van der Waals surface area (Å²) in [6.45, 7) is 3.71. The van der Waals surface area contributed by atoms with Gasteiger partial charge in [-0.1, -0.05) is 43.9 Å². The van der Waals surface area contributed by atoms with E-state index in [9.17, 15) is 4.79 Å². The van der Waals surface area contributed by atoms with Gasteiger partial charge >= 0.3 is 5.97 Å². The summed E-state index contributed by atoms with van der Waals surface area (Å²) in [6.07, 6.45) is 17.0. The molecular weight excluding hydrogens is 212 g/mol. The van der Waals surface area contributed by atoms with Gasteiger partial charge in [-0.15, -0.1) is 6.58 Å². The van der Waals surface area contributed by atoms with E-state index in [-0.39, 0.29) is 6.42 Å². The average molecular weight is 238 g/mol. The molecule has 0 aromatic rings. The lowest BCUT2D eigenvalue weighted by atomic mass is 10.1. The molecule has 98 valence electrons. The van der Waals surface area contributed by atoms with Crippen molar-refractivity contribution >= 4 is 5.97 Å². The second-order valence-electron chi connectivity index (χ2n) is 4.39. The molecule has 2 nitrogen and oxygen atoms in total. The molecule has 0 unspecified atom stereocenters. The molecule has 0 aliphatic carbocycles. The first-order valence-electron chi connectivity index (χ1n) is 6.75. The molecule has 0 bridgehead atoms. The summed E-state index contributed by atoms with van der Waals surface area (Å²) in [5.41, 5.74) is 0. The fourth-order valence-corrected chi connectivity index (χ4v) is 1.70. The summed E-state index contributed by atoms with van der Waals surface area (Å²) in [6, 6.07) is 0. The van der Waals surface area contributed by atoms with E-state index in [1.165, 1.54) is 38.5 Å². The van der Waals surface area contributed by atoms with Gasteiger partial charge in [0.1, 0.15) is 0 Å². The lowest BCUT2D eigenvalue weighted by Gasteiger charge is -1.99. The van der Waals surface area contributed by atoms with Crippen LogP contribution in [0.1, 0.15) is 64.2 Å². The summed E-state index contributed by atoms with van der Waals surface area (Å²) in [4.78, 5) is 10.2. The predicted molar refractivity (Wildman–Crippen MR) is 73.1 cm³/mol. The van der Waals surface area contributed by atoms with Gasteiger partial charge < -0.3 is 5.11 Å². The Morgan fingerprint density at radius 3 is 2.00 bits per heavy atom. The SMILES string of the molecule is C=CCCCCCCCC/C=C/CCC(=O)O. The zero-order valence-corrected chi connectivity index (χ0v) is 10.9. The van der Waals surface area contributed by atoms with E-state index in [0.29, 0.717) is 6.42 Å². The quantitative estimate of drug-likeness (QED) is 0.395. The first-order valence-corrected chi connectivity index (χ1v) is 6.75. The Hall–Kier alpha value is -1.05. The Morgan fingerprint density at radius 1 is 0.882 bits per heavy atom. The number of rotatable bonds is 12. The van der Waals surface area contributed by atoms with Crippen LogP contribution < -0.4 is 0 Å². The summed E-state index contributed by atoms with van der Waals surface area (Å²) in [5.74, 6) is -0.714. The van der Waals surface area contributed by atoms with Gasteiger partial charge in [0.25, 0.3) is 0 Å². The Kier molecular flexibility index (Phi) is 12.2. The molecule has 0 radical (unpaired) electrons. The molecule has 0 spiro atoms. The normalized spacial score (nSPS) is 10.8. The van der Waals surface area contributed by atoms with Crippen molar-refractivity contribution < 1.29 is 9.90 Å². The van der Waals surface area contributed by atoms with Crippen LogP contribution in [0.5, 0.6) is 0 Å². The highest BCUT2D eigenvalue weighted by molar-refractivity contribution is 5.66. The van der Waals surface area contributed by atoms with Crippen LogP contribution in [0.2, 0.25) is 0 Å². The van der Waals surface area contributed by atoms with Crippen molar-refractivity contribution in [1.82, 2.24) is 0 Å². The fraction of sp³-hybridized carbons (Fsp3) is 0.667. The molecule has 0 fully saturated rings. The van der Waals surface area contributed by atoms with E-state index in [4.69, 9.17) is 5.11 Å². The highest BCUT2D eigenvalue weighted by atomic mass is 16.4. The molecule has 0 saturated carbocycles. The number of carboxylic acid groups (broad SMARTS) is 1. The lowest BCUT2D eigenvalue weighted by molar-refractivity contribution is -0.136. The van der Waals surface area contributed by atoms with Crippen molar-refractivity contribution in [2.45, 2.75) is 64.2 Å². The molecule has 0 atom stereocenters. The lowest BCUT2D eigenvalue weighted by Crippen LogP contribution is -1.91. The Labute approximate surface area is 105 Å². The Bertz CT molecular complexity index is 219. The van der Waals surface area contributed by atoms with Crippen LogP contribution in [0, 0.1) is 0 Å². The summed E-state index contributed by atoms with van der Waals surface area (Å²) in [5, 5.41) is 8.43. The van der Waals surface area contributed by atoms with E-state index in [0.717, 1.165) is 12.8 Å². The molecule has 0 aliphatic rings. The highest BCUT2D eigenvalue weighted by Crippen LogP contribution is 2.09. The maximum atomic E-state index is 10.2. The minimum Gasteiger partial charge on any atom is -0.481 e. The molecule has 0 aromatic carbocycles. The third kappa shape index (κ3) is 14.9. The van der Waals surface area contributed by atoms with Crippen LogP contribution in [0.15, 0.2) is 24.8 Å². The van der Waals surface area contributed by atoms with Crippen molar-refractivity contribution in [2.75, 3.05) is 0 Å². The first kappa shape index (κ1) is 16.0. The largest absolute Gasteiger partial charge is 0.481 e. The van der Waals surface area contributed by atoms with Gasteiger partial charge in [0.2, 0.25) is 0 Å². The van der Waals surface area contributed by atoms with Crippen LogP contribution in [0.25, 0.3) is 0 Å². The van der Waals surface area contributed by atoms with Gasteiger partial charge in [-0.3, -0.25) is 4.79 Å². The number of hydrogen-bond donors (Lipinski definition) is 1. The highest BCUT2D eigenvalue weighted by Gasteiger charge is 1.92. The second-order valence-corrected chi connectivity index (χ2v) is 4.39. The molecule has 0 rings (SSSR count). The third-order valence-corrected chi connectivity index (χ3v) is 2.72. The number of allylic oxidation sites excluding steroid dienone is 3. The van der Waals surface area contributed by atoms with Gasteiger partial charge in [-0.2, -0.15) is 0 Å². The van der Waals surface area contributed by atoms with Gasteiger partial charge in [0.15, 0.2) is 0 Å². The van der Waals surface area contributed by atoms with Crippen LogP contribution in [0.3, 0.4) is 0 Å². The number of carbonyl (C=O) groups is 1. The van der Waals surface area contributed by atoms with Gasteiger partial charge in [0.05, 0.1) is 0 Å². The standard InChI is InChI=1S/C15H26O2/c1-2-3-4-5-6-7-8-9-10-11-12-13-14-15(16)17/h2,11-12H,1,3-10,13-14H2,(H,16,17)/b12-11+. The number of unbranched alkanes of at least 4 members (excludes halogenated alkanes) is 7. The van der Waals surface area contributed by atoms with Crippen molar-refractivity contribution in [3.8, 4) is 0 Å². The molecule has 0 aromatic heterocycles. The summed E-state index contributed by atoms with van der Waals surface area (Å²) >= 11 is 0. The van der Waals surface area contributed by atoms with E-state index < -0.39 is 5.97 Å². The monoisotopic (exact) mass is 238 g/mol. The third-order valence-electron chi connectivity index (χ3n) is 2.72. The average Bonchev–Trinajstić information content (AvgIpc) is 2.30. The van der Waals surface area contributed by atoms with Gasteiger partial charge in [-0.25, -0.2) is 0 Å². The van der Waals surface area contributed by atoms with Gasteiger partial charge in [0, 0.05) is 6.42 Å². The molecule has 0 amide bonds.